The summed E-state index contributed by atoms with van der Waals surface area (Å²) in [6, 6.07) is 16.5. The number of carboxylic acids is 1. The van der Waals surface area contributed by atoms with Crippen LogP contribution in [-0.4, -0.2) is 53.7 Å². The number of aliphatic carboxylic acids is 1. The Labute approximate surface area is 204 Å². The van der Waals surface area contributed by atoms with Gasteiger partial charge in [0.25, 0.3) is 0 Å². The molecule has 0 aromatic heterocycles. The minimum absolute atomic E-state index is 0.00503. The zero-order valence-electron chi connectivity index (χ0n) is 19.6. The molecule has 0 bridgehead atoms. The fourth-order valence-corrected chi connectivity index (χ4v) is 5.61. The average molecular weight is 475 g/mol. The largest absolute Gasteiger partial charge is 0.478 e. The van der Waals surface area contributed by atoms with Gasteiger partial charge in [-0.3, -0.25) is 4.79 Å². The number of hydrogen-bond acceptors (Lipinski definition) is 4. The SMILES string of the molecule is O=C(NC1CCC(C(=O)N2CC=C(C(=O)O)CC2)CC1)OCC1c2ccccc2-c2ccccc21. The Bertz CT molecular complexity index is 1120. The van der Waals surface area contributed by atoms with E-state index in [2.05, 4.69) is 29.6 Å². The van der Waals surface area contributed by atoms with E-state index in [1.807, 2.05) is 24.3 Å². The summed E-state index contributed by atoms with van der Waals surface area (Å²) in [6.45, 7) is 1.10. The molecule has 0 saturated heterocycles. The van der Waals surface area contributed by atoms with Gasteiger partial charge in [0.1, 0.15) is 6.61 Å². The molecule has 1 fully saturated rings. The highest BCUT2D eigenvalue weighted by molar-refractivity contribution is 5.87. The highest BCUT2D eigenvalue weighted by atomic mass is 16.5. The number of nitrogens with zero attached hydrogens (tertiary/aromatic N) is 1. The molecule has 0 unspecified atom stereocenters. The van der Waals surface area contributed by atoms with Crippen molar-refractivity contribution in [1.82, 2.24) is 10.2 Å². The number of carbonyl (C=O) groups is 3. The highest BCUT2D eigenvalue weighted by Gasteiger charge is 2.32. The number of rotatable bonds is 5. The molecule has 1 heterocycles. The number of carbonyl (C=O) groups excluding carboxylic acids is 2. The Hall–Kier alpha value is -3.61. The highest BCUT2D eigenvalue weighted by Crippen LogP contribution is 2.44. The molecule has 3 aliphatic rings. The van der Waals surface area contributed by atoms with Crippen LogP contribution in [0.3, 0.4) is 0 Å². The molecule has 2 amide bonds. The fourth-order valence-electron chi connectivity index (χ4n) is 5.61. The topological polar surface area (TPSA) is 95.9 Å². The lowest BCUT2D eigenvalue weighted by Crippen LogP contribution is -2.44. The van der Waals surface area contributed by atoms with Crippen molar-refractivity contribution in [3.63, 3.8) is 0 Å². The summed E-state index contributed by atoms with van der Waals surface area (Å²) in [5, 5.41) is 12.1. The lowest BCUT2D eigenvalue weighted by atomic mass is 9.85. The van der Waals surface area contributed by atoms with Crippen molar-refractivity contribution in [3.8, 4) is 11.1 Å². The van der Waals surface area contributed by atoms with Gasteiger partial charge in [-0.15, -0.1) is 0 Å². The predicted octanol–water partition coefficient (Wildman–Crippen LogP) is 4.33. The van der Waals surface area contributed by atoms with E-state index < -0.39 is 12.1 Å². The molecule has 1 aliphatic heterocycles. The van der Waals surface area contributed by atoms with Crippen LogP contribution < -0.4 is 5.32 Å². The zero-order valence-corrected chi connectivity index (χ0v) is 19.6. The Balaban J connectivity index is 1.10. The lowest BCUT2D eigenvalue weighted by Gasteiger charge is -2.33. The maximum absolute atomic E-state index is 12.8. The fraction of sp³-hybridized carbons (Fsp3) is 0.393. The second-order valence-corrected chi connectivity index (χ2v) is 9.59. The first kappa shape index (κ1) is 23.1. The van der Waals surface area contributed by atoms with E-state index in [9.17, 15) is 14.4 Å². The number of carboxylic acid groups (broad SMARTS) is 1. The molecule has 7 nitrogen and oxygen atoms in total. The van der Waals surface area contributed by atoms with Crippen LogP contribution in [-0.2, 0) is 14.3 Å². The maximum atomic E-state index is 12.8. The van der Waals surface area contributed by atoms with Gasteiger partial charge < -0.3 is 20.1 Å². The Morgan fingerprint density at radius 3 is 2.14 bits per heavy atom. The normalized spacial score (nSPS) is 21.5. The smallest absolute Gasteiger partial charge is 0.407 e. The van der Waals surface area contributed by atoms with Gasteiger partial charge in [-0.25, -0.2) is 9.59 Å². The maximum Gasteiger partial charge on any atom is 0.407 e. The Kier molecular flexibility index (Phi) is 6.57. The minimum Gasteiger partial charge on any atom is -0.478 e. The van der Waals surface area contributed by atoms with Crippen molar-refractivity contribution in [2.45, 2.75) is 44.1 Å². The molecule has 0 atom stereocenters. The van der Waals surface area contributed by atoms with Crippen LogP contribution >= 0.6 is 0 Å². The third kappa shape index (κ3) is 4.81. The summed E-state index contributed by atoms with van der Waals surface area (Å²) in [6.07, 6.45) is 4.48. The van der Waals surface area contributed by atoms with Gasteiger partial charge in [0.2, 0.25) is 5.91 Å². The van der Waals surface area contributed by atoms with Gasteiger partial charge in [0, 0.05) is 36.5 Å². The van der Waals surface area contributed by atoms with E-state index in [0.717, 1.165) is 12.8 Å². The van der Waals surface area contributed by atoms with Crippen LogP contribution in [0.15, 0.2) is 60.2 Å². The summed E-state index contributed by atoms with van der Waals surface area (Å²) in [5.74, 6) is -0.862. The first-order chi connectivity index (χ1) is 17.0. The van der Waals surface area contributed by atoms with E-state index in [0.29, 0.717) is 37.9 Å². The van der Waals surface area contributed by atoms with Gasteiger partial charge in [0.05, 0.1) is 0 Å². The van der Waals surface area contributed by atoms with Crippen molar-refractivity contribution < 1.29 is 24.2 Å². The number of alkyl carbamates (subject to hydrolysis) is 1. The third-order valence-corrected chi connectivity index (χ3v) is 7.54. The molecule has 2 aliphatic carbocycles. The third-order valence-electron chi connectivity index (χ3n) is 7.54. The number of ether oxygens (including phenoxy) is 1. The predicted molar refractivity (Wildman–Crippen MR) is 131 cm³/mol. The Morgan fingerprint density at radius 1 is 0.943 bits per heavy atom. The van der Waals surface area contributed by atoms with Crippen LogP contribution in [0.1, 0.15) is 49.1 Å². The molecular weight excluding hydrogens is 444 g/mol. The molecule has 182 valence electrons. The molecule has 2 aromatic rings. The standard InChI is InChI=1S/C28H30N2O5/c31-26(30-15-13-19(14-16-30)27(32)33)18-9-11-20(12-10-18)29-28(34)35-17-25-23-7-3-1-5-21(23)22-6-2-4-8-24(22)25/h1-8,13,18,20,25H,9-12,14-17H2,(H,29,34)(H,32,33). The second-order valence-electron chi connectivity index (χ2n) is 9.59. The number of amides is 2. The van der Waals surface area contributed by atoms with E-state index in [1.165, 1.54) is 22.3 Å². The zero-order chi connectivity index (χ0) is 24.4. The summed E-state index contributed by atoms with van der Waals surface area (Å²) < 4.78 is 5.66. The monoisotopic (exact) mass is 474 g/mol. The second kappa shape index (κ2) is 9.94. The van der Waals surface area contributed by atoms with Crippen molar-refractivity contribution in [3.05, 3.63) is 71.3 Å². The molecule has 1 saturated carbocycles. The van der Waals surface area contributed by atoms with Gasteiger partial charge in [-0.2, -0.15) is 0 Å². The number of hydrogen-bond donors (Lipinski definition) is 2. The molecule has 35 heavy (non-hydrogen) atoms. The number of fused-ring (bicyclic) bond motifs is 3. The van der Waals surface area contributed by atoms with Crippen LogP contribution in [0.2, 0.25) is 0 Å². The Morgan fingerprint density at radius 2 is 1.57 bits per heavy atom. The molecule has 0 spiro atoms. The van der Waals surface area contributed by atoms with Gasteiger partial charge >= 0.3 is 12.1 Å². The van der Waals surface area contributed by atoms with Crippen molar-refractivity contribution in [2.75, 3.05) is 19.7 Å². The van der Waals surface area contributed by atoms with Gasteiger partial charge in [-0.05, 0) is 54.4 Å². The molecule has 2 aromatic carbocycles. The van der Waals surface area contributed by atoms with Crippen LogP contribution in [0.5, 0.6) is 0 Å². The van der Waals surface area contributed by atoms with E-state index >= 15 is 0 Å². The van der Waals surface area contributed by atoms with Crippen LogP contribution in [0, 0.1) is 5.92 Å². The molecule has 2 N–H and O–H groups in total. The van der Waals surface area contributed by atoms with E-state index in [-0.39, 0.29) is 30.4 Å². The number of nitrogens with one attached hydrogen (secondary N) is 1. The van der Waals surface area contributed by atoms with Crippen LogP contribution in [0.4, 0.5) is 4.79 Å². The van der Waals surface area contributed by atoms with Crippen LogP contribution in [0.25, 0.3) is 11.1 Å². The molecular formula is C28H30N2O5. The minimum atomic E-state index is -0.906. The summed E-state index contributed by atoms with van der Waals surface area (Å²) in [4.78, 5) is 38.2. The molecule has 5 rings (SSSR count). The first-order valence-corrected chi connectivity index (χ1v) is 12.3. The van der Waals surface area contributed by atoms with Gasteiger partial charge in [-0.1, -0.05) is 54.6 Å². The quantitative estimate of drug-likeness (QED) is 0.673. The van der Waals surface area contributed by atoms with Gasteiger partial charge in [0.15, 0.2) is 0 Å². The first-order valence-electron chi connectivity index (χ1n) is 12.3. The number of benzene rings is 2. The summed E-state index contributed by atoms with van der Waals surface area (Å²) in [7, 11) is 0. The van der Waals surface area contributed by atoms with Crippen molar-refractivity contribution >= 4 is 18.0 Å². The average Bonchev–Trinajstić information content (AvgIpc) is 3.21. The summed E-state index contributed by atoms with van der Waals surface area (Å²) in [5.41, 5.74) is 5.14. The van der Waals surface area contributed by atoms with E-state index in [4.69, 9.17) is 9.84 Å². The van der Waals surface area contributed by atoms with Crippen molar-refractivity contribution in [1.29, 1.82) is 0 Å². The lowest BCUT2D eigenvalue weighted by molar-refractivity contribution is -0.138. The molecule has 7 heteroatoms. The van der Waals surface area contributed by atoms with E-state index in [1.54, 1.807) is 11.0 Å². The van der Waals surface area contributed by atoms with Crippen molar-refractivity contribution in [2.24, 2.45) is 5.92 Å². The summed E-state index contributed by atoms with van der Waals surface area (Å²) >= 11 is 0. The molecule has 0 radical (unpaired) electrons.